The molecule has 0 unspecified atom stereocenters. The summed E-state index contributed by atoms with van der Waals surface area (Å²) in [5.74, 6) is 1.92. The lowest BCUT2D eigenvalue weighted by Crippen LogP contribution is -1.94. The minimum absolute atomic E-state index is 0.961. The number of imidazole rings is 2. The molecule has 60 heavy (non-hydrogen) atoms. The fourth-order valence-corrected chi connectivity index (χ4v) is 9.63. The van der Waals surface area contributed by atoms with Crippen molar-refractivity contribution in [2.24, 2.45) is 14.1 Å². The summed E-state index contributed by atoms with van der Waals surface area (Å²) >= 11 is 0. The fraction of sp³-hybridized carbons (Fsp3) is 0.0357. The lowest BCUT2D eigenvalue weighted by atomic mass is 9.84. The molecule has 2 heterocycles. The topological polar surface area (TPSA) is 35.6 Å². The predicted molar refractivity (Wildman–Crippen MR) is 252 cm³/mol. The van der Waals surface area contributed by atoms with E-state index in [1.165, 1.54) is 65.3 Å². The Bertz CT molecular complexity index is 3490. The normalized spacial score (nSPS) is 11.8. The monoisotopic (exact) mass is 766 g/mol. The molecule has 0 bridgehead atoms. The highest BCUT2D eigenvalue weighted by Crippen LogP contribution is 2.46. The number of aryl methyl sites for hydroxylation is 2. The highest BCUT2D eigenvalue weighted by atomic mass is 15.1. The molecule has 0 fully saturated rings. The van der Waals surface area contributed by atoms with Gasteiger partial charge in [0.1, 0.15) is 11.6 Å². The molecule has 0 spiro atoms. The molecule has 0 saturated heterocycles. The van der Waals surface area contributed by atoms with Gasteiger partial charge in [-0.3, -0.25) is 0 Å². The summed E-state index contributed by atoms with van der Waals surface area (Å²) < 4.78 is 4.44. The first-order valence-corrected chi connectivity index (χ1v) is 20.5. The number of hydrogen-bond acceptors (Lipinski definition) is 2. The lowest BCUT2D eigenvalue weighted by Gasteiger charge is -2.19. The van der Waals surface area contributed by atoms with Gasteiger partial charge in [-0.15, -0.1) is 0 Å². The third-order valence-electron chi connectivity index (χ3n) is 12.5. The molecule has 0 atom stereocenters. The number of hydrogen-bond donors (Lipinski definition) is 0. The Morgan fingerprint density at radius 2 is 0.783 bits per heavy atom. The van der Waals surface area contributed by atoms with Crippen LogP contribution in [0, 0.1) is 0 Å². The largest absolute Gasteiger partial charge is 0.327 e. The van der Waals surface area contributed by atoms with Crippen molar-refractivity contribution in [3.05, 3.63) is 194 Å². The van der Waals surface area contributed by atoms with Gasteiger partial charge in [-0.05, 0) is 113 Å². The van der Waals surface area contributed by atoms with Crippen molar-refractivity contribution < 1.29 is 0 Å². The van der Waals surface area contributed by atoms with Crippen LogP contribution in [-0.4, -0.2) is 19.1 Å². The highest BCUT2D eigenvalue weighted by Gasteiger charge is 2.20. The average molecular weight is 767 g/mol. The van der Waals surface area contributed by atoms with E-state index >= 15 is 0 Å². The lowest BCUT2D eigenvalue weighted by molar-refractivity contribution is 0.959. The molecular formula is C56H38N4. The van der Waals surface area contributed by atoms with Crippen molar-refractivity contribution in [2.45, 2.75) is 0 Å². The molecule has 0 amide bonds. The molecule has 4 nitrogen and oxygen atoms in total. The Labute approximate surface area is 347 Å². The fourth-order valence-electron chi connectivity index (χ4n) is 9.63. The molecule has 282 valence electrons. The highest BCUT2D eigenvalue weighted by molar-refractivity contribution is 6.24. The third-order valence-corrected chi connectivity index (χ3v) is 12.5. The average Bonchev–Trinajstić information content (AvgIpc) is 3.83. The van der Waals surface area contributed by atoms with Gasteiger partial charge in [0.25, 0.3) is 0 Å². The molecule has 12 rings (SSSR count). The predicted octanol–water partition coefficient (Wildman–Crippen LogP) is 14.4. The van der Waals surface area contributed by atoms with Crippen LogP contribution in [0.15, 0.2) is 194 Å². The summed E-state index contributed by atoms with van der Waals surface area (Å²) in [6.45, 7) is 0. The van der Waals surface area contributed by atoms with Crippen molar-refractivity contribution in [3.8, 4) is 56.2 Å². The Morgan fingerprint density at radius 3 is 1.33 bits per heavy atom. The van der Waals surface area contributed by atoms with Gasteiger partial charge in [0.05, 0.1) is 22.1 Å². The summed E-state index contributed by atoms with van der Waals surface area (Å²) in [6, 6.07) is 70.5. The number of benzene rings is 10. The van der Waals surface area contributed by atoms with Crippen molar-refractivity contribution >= 4 is 65.2 Å². The minimum Gasteiger partial charge on any atom is -0.327 e. The van der Waals surface area contributed by atoms with E-state index in [9.17, 15) is 0 Å². The Balaban J connectivity index is 1.15. The van der Waals surface area contributed by atoms with Crippen LogP contribution < -0.4 is 0 Å². The van der Waals surface area contributed by atoms with E-state index in [-0.39, 0.29) is 0 Å². The second-order valence-electron chi connectivity index (χ2n) is 15.9. The van der Waals surface area contributed by atoms with Crippen LogP contribution in [0.4, 0.5) is 0 Å². The van der Waals surface area contributed by atoms with Crippen LogP contribution in [0.3, 0.4) is 0 Å². The van der Waals surface area contributed by atoms with Gasteiger partial charge in [-0.1, -0.05) is 158 Å². The molecule has 10 aromatic carbocycles. The second kappa shape index (κ2) is 13.4. The summed E-state index contributed by atoms with van der Waals surface area (Å²) in [6.07, 6.45) is 0. The molecule has 2 aromatic heterocycles. The zero-order chi connectivity index (χ0) is 39.9. The molecule has 0 saturated carbocycles. The zero-order valence-corrected chi connectivity index (χ0v) is 33.3. The maximum atomic E-state index is 5.08. The summed E-state index contributed by atoms with van der Waals surface area (Å²) in [7, 11) is 4.24. The Kier molecular flexibility index (Phi) is 7.63. The molecule has 0 aliphatic carbocycles. The van der Waals surface area contributed by atoms with Gasteiger partial charge in [0.15, 0.2) is 0 Å². The summed E-state index contributed by atoms with van der Waals surface area (Å²) in [5, 5.41) is 9.87. The Hall–Kier alpha value is -7.82. The van der Waals surface area contributed by atoms with Crippen LogP contribution >= 0.6 is 0 Å². The van der Waals surface area contributed by atoms with E-state index in [1.807, 2.05) is 12.1 Å². The first-order valence-electron chi connectivity index (χ1n) is 20.5. The number of fused-ring (bicyclic) bond motifs is 7. The maximum Gasteiger partial charge on any atom is 0.140 e. The van der Waals surface area contributed by atoms with Crippen LogP contribution in [-0.2, 0) is 14.1 Å². The number of aromatic nitrogens is 4. The zero-order valence-electron chi connectivity index (χ0n) is 33.3. The SMILES string of the molecule is Cn1c(-c2ccccc2)nc2ccc(-c3cccc4c(-c5cc6ccccc6c6ccccc56)c5cccc(-c6ccc7nc(-c8ccccc8)n(C)c7c6)c5cc34)cc21. The molecule has 4 heteroatoms. The standard InChI is InChI=1S/C56H38N4/c1-59-52-32-38(27-29-50(52)57-55(59)35-15-5-3-6-16-35)41-23-13-25-45-47(41)34-48-42(39-28-30-51-53(33-39)60(2)56(58-51)36-17-7-4-8-18-36)24-14-26-46(48)54(45)49-31-37-19-9-10-20-40(37)43-21-11-12-22-44(43)49/h3-34H,1-2H3. The molecule has 0 aliphatic heterocycles. The van der Waals surface area contributed by atoms with Gasteiger partial charge in [0.2, 0.25) is 0 Å². The maximum absolute atomic E-state index is 5.08. The molecule has 0 radical (unpaired) electrons. The minimum atomic E-state index is 0.961. The van der Waals surface area contributed by atoms with Crippen LogP contribution in [0.5, 0.6) is 0 Å². The first kappa shape index (κ1) is 34.2. The van der Waals surface area contributed by atoms with E-state index in [0.717, 1.165) is 56.0 Å². The van der Waals surface area contributed by atoms with E-state index in [1.54, 1.807) is 0 Å². The molecular weight excluding hydrogens is 729 g/mol. The third kappa shape index (κ3) is 5.24. The van der Waals surface area contributed by atoms with Gasteiger partial charge >= 0.3 is 0 Å². The van der Waals surface area contributed by atoms with E-state index in [2.05, 4.69) is 205 Å². The van der Waals surface area contributed by atoms with Crippen molar-refractivity contribution in [3.63, 3.8) is 0 Å². The molecule has 12 aromatic rings. The van der Waals surface area contributed by atoms with E-state index in [0.29, 0.717) is 0 Å². The van der Waals surface area contributed by atoms with Gasteiger partial charge in [0, 0.05) is 25.2 Å². The molecule has 0 N–H and O–H groups in total. The first-order chi connectivity index (χ1) is 29.6. The van der Waals surface area contributed by atoms with Crippen molar-refractivity contribution in [1.29, 1.82) is 0 Å². The van der Waals surface area contributed by atoms with Gasteiger partial charge < -0.3 is 9.13 Å². The number of rotatable bonds is 5. The van der Waals surface area contributed by atoms with Crippen LogP contribution in [0.25, 0.3) is 121 Å². The van der Waals surface area contributed by atoms with Crippen LogP contribution in [0.2, 0.25) is 0 Å². The molecule has 0 aliphatic rings. The summed E-state index contributed by atoms with van der Waals surface area (Å²) in [4.78, 5) is 10.2. The second-order valence-corrected chi connectivity index (χ2v) is 15.9. The summed E-state index contributed by atoms with van der Waals surface area (Å²) in [5.41, 5.74) is 13.6. The number of nitrogens with zero attached hydrogens (tertiary/aromatic N) is 4. The van der Waals surface area contributed by atoms with E-state index in [4.69, 9.17) is 9.97 Å². The Morgan fingerprint density at radius 1 is 0.317 bits per heavy atom. The van der Waals surface area contributed by atoms with Crippen molar-refractivity contribution in [1.82, 2.24) is 19.1 Å². The van der Waals surface area contributed by atoms with Crippen LogP contribution in [0.1, 0.15) is 0 Å². The van der Waals surface area contributed by atoms with E-state index < -0.39 is 0 Å². The quantitative estimate of drug-likeness (QED) is 0.129. The van der Waals surface area contributed by atoms with Gasteiger partial charge in [-0.25, -0.2) is 9.97 Å². The van der Waals surface area contributed by atoms with Crippen molar-refractivity contribution in [2.75, 3.05) is 0 Å². The van der Waals surface area contributed by atoms with Gasteiger partial charge in [-0.2, -0.15) is 0 Å². The smallest absolute Gasteiger partial charge is 0.140 e.